The van der Waals surface area contributed by atoms with E-state index in [9.17, 15) is 0 Å². The maximum atomic E-state index is 6.10. The van der Waals surface area contributed by atoms with Crippen LogP contribution in [-0.2, 0) is 4.74 Å². The molecular formula is C20H34N4O. The lowest BCUT2D eigenvalue weighted by atomic mass is 9.85. The van der Waals surface area contributed by atoms with Gasteiger partial charge in [0.25, 0.3) is 0 Å². The van der Waals surface area contributed by atoms with Crippen LogP contribution in [0.25, 0.3) is 0 Å². The predicted molar refractivity (Wildman–Crippen MR) is 101 cm³/mol. The van der Waals surface area contributed by atoms with E-state index in [0.717, 1.165) is 45.7 Å². The standard InChI is InChI=1S/C20H34N4O/c21-15-4-6-16(7-5-15)23-20-14-17(24-9-11-25-12-10-24)13-19-18(20)3-1-2-8-22-19/h13-16,18-19,22-23H,1-12,21H2/t15-,16+,18?,19?. The van der Waals surface area contributed by atoms with Gasteiger partial charge in [-0.25, -0.2) is 0 Å². The predicted octanol–water partition coefficient (Wildman–Crippen LogP) is 1.72. The molecule has 2 atom stereocenters. The Morgan fingerprint density at radius 2 is 1.88 bits per heavy atom. The molecule has 0 radical (unpaired) electrons. The van der Waals surface area contributed by atoms with Gasteiger partial charge < -0.3 is 26.0 Å². The molecule has 4 N–H and O–H groups in total. The molecule has 25 heavy (non-hydrogen) atoms. The fraction of sp³-hybridized carbons (Fsp3) is 0.800. The third-order valence-electron chi connectivity index (χ3n) is 6.33. The molecule has 0 aromatic heterocycles. The molecule has 2 saturated heterocycles. The zero-order valence-corrected chi connectivity index (χ0v) is 15.4. The Hall–Kier alpha value is -1.04. The molecule has 3 fully saturated rings. The third kappa shape index (κ3) is 4.21. The minimum absolute atomic E-state index is 0.412. The van der Waals surface area contributed by atoms with Gasteiger partial charge in [-0.1, -0.05) is 6.42 Å². The highest BCUT2D eigenvalue weighted by Crippen LogP contribution is 2.32. The topological polar surface area (TPSA) is 62.5 Å². The second-order valence-corrected chi connectivity index (χ2v) is 8.13. The molecule has 0 aromatic rings. The van der Waals surface area contributed by atoms with Crippen LogP contribution < -0.4 is 16.4 Å². The van der Waals surface area contributed by atoms with Gasteiger partial charge in [0, 0.05) is 48.5 Å². The molecule has 0 bridgehead atoms. The molecule has 2 heterocycles. The largest absolute Gasteiger partial charge is 0.385 e. The smallest absolute Gasteiger partial charge is 0.0642 e. The number of nitrogens with two attached hydrogens (primary N) is 1. The van der Waals surface area contributed by atoms with Gasteiger partial charge in [-0.05, 0) is 57.2 Å². The summed E-state index contributed by atoms with van der Waals surface area (Å²) in [5.74, 6) is 0.600. The highest BCUT2D eigenvalue weighted by atomic mass is 16.5. The molecular weight excluding hydrogens is 312 g/mol. The van der Waals surface area contributed by atoms with Crippen LogP contribution in [0, 0.1) is 5.92 Å². The molecule has 2 aliphatic heterocycles. The first-order valence-electron chi connectivity index (χ1n) is 10.3. The number of nitrogens with one attached hydrogen (secondary N) is 2. The first kappa shape index (κ1) is 17.4. The van der Waals surface area contributed by atoms with Crippen molar-refractivity contribution in [1.82, 2.24) is 15.5 Å². The monoisotopic (exact) mass is 346 g/mol. The van der Waals surface area contributed by atoms with Crippen LogP contribution in [0.4, 0.5) is 0 Å². The number of nitrogens with zero attached hydrogens (tertiary/aromatic N) is 1. The second-order valence-electron chi connectivity index (χ2n) is 8.13. The number of rotatable bonds is 3. The Labute approximate surface area is 152 Å². The maximum absolute atomic E-state index is 6.10. The lowest BCUT2D eigenvalue weighted by Crippen LogP contribution is -2.45. The fourth-order valence-electron chi connectivity index (χ4n) is 4.77. The Morgan fingerprint density at radius 3 is 2.68 bits per heavy atom. The van der Waals surface area contributed by atoms with Crippen molar-refractivity contribution in [1.29, 1.82) is 0 Å². The Kier molecular flexibility index (Phi) is 5.63. The minimum atomic E-state index is 0.412. The molecule has 5 heteroatoms. The third-order valence-corrected chi connectivity index (χ3v) is 6.33. The van der Waals surface area contributed by atoms with Crippen molar-refractivity contribution in [3.8, 4) is 0 Å². The SMILES string of the molecule is N[C@H]1CC[C@@H](NC2=CC(N3CCOCC3)=CC3NCCCCC23)CC1. The average molecular weight is 347 g/mol. The minimum Gasteiger partial charge on any atom is -0.385 e. The summed E-state index contributed by atoms with van der Waals surface area (Å²) in [4.78, 5) is 2.49. The highest BCUT2D eigenvalue weighted by Gasteiger charge is 2.32. The van der Waals surface area contributed by atoms with Crippen molar-refractivity contribution in [2.45, 2.75) is 63.1 Å². The van der Waals surface area contributed by atoms with E-state index >= 15 is 0 Å². The molecule has 1 saturated carbocycles. The quantitative estimate of drug-likeness (QED) is 0.726. The average Bonchev–Trinajstić information content (AvgIpc) is 2.90. The van der Waals surface area contributed by atoms with Crippen molar-refractivity contribution in [3.05, 3.63) is 23.5 Å². The van der Waals surface area contributed by atoms with E-state index in [4.69, 9.17) is 10.5 Å². The summed E-state index contributed by atoms with van der Waals surface area (Å²) in [6, 6.07) is 1.48. The van der Waals surface area contributed by atoms with Gasteiger partial charge in [0.05, 0.1) is 13.2 Å². The van der Waals surface area contributed by atoms with E-state index in [1.54, 1.807) is 0 Å². The summed E-state index contributed by atoms with van der Waals surface area (Å²) in [5, 5.41) is 7.73. The van der Waals surface area contributed by atoms with Crippen LogP contribution in [-0.4, -0.2) is 55.9 Å². The summed E-state index contributed by atoms with van der Waals surface area (Å²) < 4.78 is 5.54. The van der Waals surface area contributed by atoms with Gasteiger partial charge in [0.15, 0.2) is 0 Å². The van der Waals surface area contributed by atoms with Crippen molar-refractivity contribution in [2.24, 2.45) is 11.7 Å². The van der Waals surface area contributed by atoms with Gasteiger partial charge in [-0.2, -0.15) is 0 Å². The van der Waals surface area contributed by atoms with Crippen LogP contribution in [0.5, 0.6) is 0 Å². The van der Waals surface area contributed by atoms with Crippen molar-refractivity contribution in [3.63, 3.8) is 0 Å². The number of hydrogen-bond acceptors (Lipinski definition) is 5. The van der Waals surface area contributed by atoms with Gasteiger partial charge in [-0.15, -0.1) is 0 Å². The molecule has 0 amide bonds. The maximum Gasteiger partial charge on any atom is 0.0642 e. The number of allylic oxidation sites excluding steroid dienone is 1. The second kappa shape index (κ2) is 8.11. The van der Waals surface area contributed by atoms with Crippen LogP contribution in [0.3, 0.4) is 0 Å². The van der Waals surface area contributed by atoms with E-state index in [0.29, 0.717) is 24.0 Å². The zero-order valence-electron chi connectivity index (χ0n) is 15.4. The van der Waals surface area contributed by atoms with Crippen molar-refractivity contribution >= 4 is 0 Å². The lowest BCUT2D eigenvalue weighted by Gasteiger charge is -2.38. The molecule has 2 aliphatic carbocycles. The summed E-state index contributed by atoms with van der Waals surface area (Å²) in [5.41, 5.74) is 8.94. The molecule has 2 unspecified atom stereocenters. The molecule has 5 nitrogen and oxygen atoms in total. The molecule has 0 aromatic carbocycles. The molecule has 0 spiro atoms. The molecule has 140 valence electrons. The first-order chi connectivity index (χ1) is 12.3. The van der Waals surface area contributed by atoms with E-state index < -0.39 is 0 Å². The zero-order chi connectivity index (χ0) is 17.1. The van der Waals surface area contributed by atoms with E-state index in [-0.39, 0.29) is 0 Å². The summed E-state index contributed by atoms with van der Waals surface area (Å²) in [7, 11) is 0. The van der Waals surface area contributed by atoms with E-state index in [1.807, 2.05) is 0 Å². The highest BCUT2D eigenvalue weighted by molar-refractivity contribution is 5.33. The van der Waals surface area contributed by atoms with Crippen molar-refractivity contribution in [2.75, 3.05) is 32.8 Å². The lowest BCUT2D eigenvalue weighted by molar-refractivity contribution is 0.0547. The molecule has 4 rings (SSSR count). The summed E-state index contributed by atoms with van der Waals surface area (Å²) in [6.07, 6.45) is 13.5. The van der Waals surface area contributed by atoms with Crippen molar-refractivity contribution < 1.29 is 4.74 Å². The number of ether oxygens (including phenoxy) is 1. The van der Waals surface area contributed by atoms with Gasteiger partial charge in [0.1, 0.15) is 0 Å². The van der Waals surface area contributed by atoms with Crippen LogP contribution in [0.2, 0.25) is 0 Å². The summed E-state index contributed by atoms with van der Waals surface area (Å²) >= 11 is 0. The Bertz CT molecular complexity index is 504. The Morgan fingerprint density at radius 1 is 1.08 bits per heavy atom. The number of hydrogen-bond donors (Lipinski definition) is 3. The van der Waals surface area contributed by atoms with Crippen LogP contribution in [0.1, 0.15) is 44.9 Å². The van der Waals surface area contributed by atoms with Gasteiger partial charge >= 0.3 is 0 Å². The number of morpholine rings is 1. The van der Waals surface area contributed by atoms with Crippen LogP contribution in [0.15, 0.2) is 23.5 Å². The van der Waals surface area contributed by atoms with Gasteiger partial charge in [0.2, 0.25) is 0 Å². The molecule has 4 aliphatic rings. The normalized spacial score (nSPS) is 36.8. The van der Waals surface area contributed by atoms with Crippen LogP contribution >= 0.6 is 0 Å². The van der Waals surface area contributed by atoms with E-state index in [2.05, 4.69) is 27.7 Å². The first-order valence-corrected chi connectivity index (χ1v) is 10.3. The fourth-order valence-corrected chi connectivity index (χ4v) is 4.77. The Balaban J connectivity index is 1.52. The summed E-state index contributed by atoms with van der Waals surface area (Å²) in [6.45, 7) is 4.84. The van der Waals surface area contributed by atoms with Gasteiger partial charge in [-0.3, -0.25) is 0 Å². The van der Waals surface area contributed by atoms with E-state index in [1.165, 1.54) is 43.5 Å². The number of fused-ring (bicyclic) bond motifs is 1.